The topological polar surface area (TPSA) is 46.2 Å². The van der Waals surface area contributed by atoms with Crippen molar-refractivity contribution in [1.29, 1.82) is 0 Å². The second kappa shape index (κ2) is 5.59. The number of benzene rings is 1. The van der Waals surface area contributed by atoms with E-state index < -0.39 is 15.3 Å². The zero-order valence-electron chi connectivity index (χ0n) is 14.7. The smallest absolute Gasteiger partial charge is 0.212 e. The first-order valence-corrected chi connectivity index (χ1v) is 10.3. The standard InChI is InChI=1S/C19H29NO2S/c1-14-17(15-8-10-16(11-9-15)18(2,3)4)23(21,22)20-19(14)12-6-5-7-13-19/h8-11,14,17,20H,5-7,12-13H2,1-4H3. The molecule has 3 rings (SSSR count). The van der Waals surface area contributed by atoms with Gasteiger partial charge in [0.2, 0.25) is 10.0 Å². The maximum Gasteiger partial charge on any atom is 0.219 e. The molecule has 2 aliphatic rings. The first-order chi connectivity index (χ1) is 10.7. The van der Waals surface area contributed by atoms with Crippen LogP contribution in [0.4, 0.5) is 0 Å². The van der Waals surface area contributed by atoms with Crippen molar-refractivity contribution >= 4 is 10.0 Å². The van der Waals surface area contributed by atoms with Crippen LogP contribution in [0.5, 0.6) is 0 Å². The van der Waals surface area contributed by atoms with Crippen LogP contribution in [0, 0.1) is 5.92 Å². The molecule has 0 bridgehead atoms. The van der Waals surface area contributed by atoms with Crippen LogP contribution in [0.2, 0.25) is 0 Å². The minimum Gasteiger partial charge on any atom is -0.212 e. The summed E-state index contributed by atoms with van der Waals surface area (Å²) in [5.74, 6) is 0.119. The fourth-order valence-electron chi connectivity index (χ4n) is 4.38. The first kappa shape index (κ1) is 17.0. The van der Waals surface area contributed by atoms with Gasteiger partial charge in [-0.05, 0) is 35.3 Å². The molecule has 1 spiro atoms. The third-order valence-corrected chi connectivity index (χ3v) is 7.90. The minimum atomic E-state index is -3.30. The average Bonchev–Trinajstić information content (AvgIpc) is 2.65. The normalized spacial score (nSPS) is 29.7. The van der Waals surface area contributed by atoms with E-state index >= 15 is 0 Å². The highest BCUT2D eigenvalue weighted by Gasteiger charge is 2.54. The molecule has 1 aromatic rings. The molecule has 1 aliphatic heterocycles. The number of nitrogens with one attached hydrogen (secondary N) is 1. The lowest BCUT2D eigenvalue weighted by Crippen LogP contribution is -2.46. The summed E-state index contributed by atoms with van der Waals surface area (Å²) >= 11 is 0. The molecule has 2 atom stereocenters. The van der Waals surface area contributed by atoms with E-state index in [1.165, 1.54) is 12.0 Å². The van der Waals surface area contributed by atoms with E-state index in [-0.39, 0.29) is 16.9 Å². The Balaban J connectivity index is 1.95. The van der Waals surface area contributed by atoms with Crippen LogP contribution in [0.3, 0.4) is 0 Å². The van der Waals surface area contributed by atoms with Crippen molar-refractivity contribution in [2.24, 2.45) is 5.92 Å². The van der Waals surface area contributed by atoms with Crippen LogP contribution < -0.4 is 4.72 Å². The van der Waals surface area contributed by atoms with Gasteiger partial charge in [-0.25, -0.2) is 13.1 Å². The summed E-state index contributed by atoms with van der Waals surface area (Å²) in [4.78, 5) is 0. The Labute approximate surface area is 140 Å². The minimum absolute atomic E-state index is 0.0849. The van der Waals surface area contributed by atoms with Crippen molar-refractivity contribution < 1.29 is 8.42 Å². The van der Waals surface area contributed by atoms with Crippen LogP contribution in [-0.4, -0.2) is 14.0 Å². The summed E-state index contributed by atoms with van der Waals surface area (Å²) in [5, 5.41) is -0.422. The fourth-order valence-corrected chi connectivity index (χ4v) is 6.78. The summed E-state index contributed by atoms with van der Waals surface area (Å²) in [5.41, 5.74) is 2.04. The van der Waals surface area contributed by atoms with Gasteiger partial charge in [0, 0.05) is 5.54 Å². The van der Waals surface area contributed by atoms with Crippen molar-refractivity contribution in [3.8, 4) is 0 Å². The highest BCUT2D eigenvalue weighted by Crippen LogP contribution is 2.49. The van der Waals surface area contributed by atoms with Gasteiger partial charge in [-0.2, -0.15) is 0 Å². The second-order valence-corrected chi connectivity index (χ2v) is 10.2. The van der Waals surface area contributed by atoms with Gasteiger partial charge >= 0.3 is 0 Å². The number of sulfonamides is 1. The fraction of sp³-hybridized carbons (Fsp3) is 0.684. The van der Waals surface area contributed by atoms with Gasteiger partial charge in [0.05, 0.1) is 0 Å². The summed E-state index contributed by atoms with van der Waals surface area (Å²) in [6.45, 7) is 8.64. The lowest BCUT2D eigenvalue weighted by Gasteiger charge is -2.37. The molecule has 0 amide bonds. The molecule has 1 heterocycles. The van der Waals surface area contributed by atoms with Crippen molar-refractivity contribution in [3.63, 3.8) is 0 Å². The number of hydrogen-bond acceptors (Lipinski definition) is 2. The molecule has 2 unspecified atom stereocenters. The van der Waals surface area contributed by atoms with E-state index in [9.17, 15) is 8.42 Å². The maximum atomic E-state index is 12.8. The zero-order valence-corrected chi connectivity index (χ0v) is 15.5. The highest BCUT2D eigenvalue weighted by molar-refractivity contribution is 7.90. The van der Waals surface area contributed by atoms with Crippen molar-refractivity contribution in [3.05, 3.63) is 35.4 Å². The van der Waals surface area contributed by atoms with Crippen LogP contribution in [0.1, 0.15) is 76.2 Å². The summed E-state index contributed by atoms with van der Waals surface area (Å²) in [6, 6.07) is 8.21. The predicted octanol–water partition coefficient (Wildman–Crippen LogP) is 4.30. The molecule has 128 valence electrons. The summed E-state index contributed by atoms with van der Waals surface area (Å²) < 4.78 is 28.7. The Morgan fingerprint density at radius 1 is 1.04 bits per heavy atom. The van der Waals surface area contributed by atoms with Gasteiger partial charge < -0.3 is 0 Å². The molecule has 2 fully saturated rings. The molecule has 1 aliphatic carbocycles. The van der Waals surface area contributed by atoms with E-state index in [0.29, 0.717) is 0 Å². The Morgan fingerprint density at radius 3 is 2.13 bits per heavy atom. The van der Waals surface area contributed by atoms with Gasteiger partial charge in [-0.15, -0.1) is 0 Å². The molecule has 1 N–H and O–H groups in total. The highest BCUT2D eigenvalue weighted by atomic mass is 32.2. The Morgan fingerprint density at radius 2 is 1.61 bits per heavy atom. The number of rotatable bonds is 1. The van der Waals surface area contributed by atoms with Crippen molar-refractivity contribution in [1.82, 2.24) is 4.72 Å². The first-order valence-electron chi connectivity index (χ1n) is 8.79. The molecular formula is C19H29NO2S. The Hall–Kier alpha value is -0.870. The van der Waals surface area contributed by atoms with E-state index in [1.807, 2.05) is 12.1 Å². The molecule has 0 radical (unpaired) electrons. The predicted molar refractivity (Wildman–Crippen MR) is 94.9 cm³/mol. The van der Waals surface area contributed by atoms with Gasteiger partial charge in [0.1, 0.15) is 5.25 Å². The van der Waals surface area contributed by atoms with Crippen LogP contribution >= 0.6 is 0 Å². The Bertz CT molecular complexity index is 664. The molecule has 1 saturated carbocycles. The van der Waals surface area contributed by atoms with Gasteiger partial charge in [0.15, 0.2) is 0 Å². The largest absolute Gasteiger partial charge is 0.219 e. The van der Waals surface area contributed by atoms with Gasteiger partial charge in [-0.3, -0.25) is 0 Å². The van der Waals surface area contributed by atoms with E-state index in [2.05, 4.69) is 44.5 Å². The van der Waals surface area contributed by atoms with Crippen LogP contribution in [0.25, 0.3) is 0 Å². The molecule has 23 heavy (non-hydrogen) atoms. The Kier molecular flexibility index (Phi) is 4.13. The quantitative estimate of drug-likeness (QED) is 0.832. The monoisotopic (exact) mass is 335 g/mol. The van der Waals surface area contributed by atoms with Gasteiger partial charge in [0.25, 0.3) is 0 Å². The summed E-state index contributed by atoms with van der Waals surface area (Å²) in [7, 11) is -3.30. The SMILES string of the molecule is CC1C(c2ccc(C(C)(C)C)cc2)S(=O)(=O)NC12CCCCC2. The molecule has 3 nitrogen and oxygen atoms in total. The third-order valence-electron chi connectivity index (χ3n) is 5.86. The second-order valence-electron chi connectivity index (χ2n) is 8.45. The van der Waals surface area contributed by atoms with E-state index in [1.54, 1.807) is 0 Å². The lowest BCUT2D eigenvalue weighted by atomic mass is 9.72. The zero-order chi connectivity index (χ0) is 16.9. The van der Waals surface area contributed by atoms with E-state index in [0.717, 1.165) is 31.2 Å². The molecule has 0 aromatic heterocycles. The van der Waals surface area contributed by atoms with Crippen LogP contribution in [-0.2, 0) is 15.4 Å². The molecular weight excluding hydrogens is 306 g/mol. The average molecular weight is 336 g/mol. The lowest BCUT2D eigenvalue weighted by molar-refractivity contribution is 0.204. The van der Waals surface area contributed by atoms with Gasteiger partial charge in [-0.1, -0.05) is 71.2 Å². The van der Waals surface area contributed by atoms with Crippen molar-refractivity contribution in [2.45, 2.75) is 76.0 Å². The molecule has 4 heteroatoms. The van der Waals surface area contributed by atoms with Crippen molar-refractivity contribution in [2.75, 3.05) is 0 Å². The molecule has 1 saturated heterocycles. The maximum absolute atomic E-state index is 12.8. The van der Waals surface area contributed by atoms with E-state index in [4.69, 9.17) is 0 Å². The number of hydrogen-bond donors (Lipinski definition) is 1. The summed E-state index contributed by atoms with van der Waals surface area (Å²) in [6.07, 6.45) is 5.43. The molecule has 1 aromatic carbocycles. The van der Waals surface area contributed by atoms with Crippen LogP contribution in [0.15, 0.2) is 24.3 Å². The third kappa shape index (κ3) is 2.96.